The minimum Gasteiger partial charge on any atom is -0.380 e. The van der Waals surface area contributed by atoms with Crippen LogP contribution in [0.3, 0.4) is 0 Å². The van der Waals surface area contributed by atoms with E-state index >= 15 is 0 Å². The van der Waals surface area contributed by atoms with Gasteiger partial charge in [0.15, 0.2) is 0 Å². The third-order valence-electron chi connectivity index (χ3n) is 3.36. The highest BCUT2D eigenvalue weighted by molar-refractivity contribution is 5.91. The predicted molar refractivity (Wildman–Crippen MR) is 86.9 cm³/mol. The molecule has 20 heavy (non-hydrogen) atoms. The summed E-state index contributed by atoms with van der Waals surface area (Å²) in [6, 6.07) is 18.8. The quantitative estimate of drug-likeness (QED) is 0.701. The fraction of sp³-hybridized carbons (Fsp3) is 0.111. The van der Waals surface area contributed by atoms with Gasteiger partial charge in [-0.05, 0) is 24.6 Å². The molecule has 2 heteroatoms. The molecule has 3 rings (SSSR count). The summed E-state index contributed by atoms with van der Waals surface area (Å²) in [5, 5.41) is 4.73. The van der Waals surface area contributed by atoms with Crippen LogP contribution in [0.5, 0.6) is 0 Å². The Bertz CT molecular complexity index is 723. The van der Waals surface area contributed by atoms with Gasteiger partial charge in [-0.2, -0.15) is 0 Å². The molecule has 1 aromatic heterocycles. The largest absolute Gasteiger partial charge is 0.380 e. The molecular formula is C18H18N2. The molecule has 0 aliphatic carbocycles. The number of hydrogen-bond acceptors (Lipinski definition) is 1. The van der Waals surface area contributed by atoms with E-state index in [9.17, 15) is 0 Å². The van der Waals surface area contributed by atoms with Gasteiger partial charge in [-0.3, -0.25) is 0 Å². The number of benzene rings is 2. The standard InChI is InChI=1S/C18H18N2/c1-14(12-15-6-3-2-4-7-15)13-20-17-9-5-8-16-10-11-19-18(16)17/h2-12,19-20H,13H2,1H3/b14-12+. The summed E-state index contributed by atoms with van der Waals surface area (Å²) in [5.74, 6) is 0. The van der Waals surface area contributed by atoms with E-state index in [2.05, 4.69) is 71.8 Å². The first-order valence-electron chi connectivity index (χ1n) is 6.85. The van der Waals surface area contributed by atoms with Crippen LogP contribution in [0.15, 0.2) is 66.4 Å². The lowest BCUT2D eigenvalue weighted by molar-refractivity contribution is 1.22. The number of nitrogens with one attached hydrogen (secondary N) is 2. The topological polar surface area (TPSA) is 27.8 Å². The van der Waals surface area contributed by atoms with Crippen molar-refractivity contribution in [3.8, 4) is 0 Å². The third-order valence-corrected chi connectivity index (χ3v) is 3.36. The molecule has 0 saturated heterocycles. The molecule has 0 aliphatic rings. The number of fused-ring (bicyclic) bond motifs is 1. The van der Waals surface area contributed by atoms with Crippen molar-refractivity contribution in [1.82, 2.24) is 4.98 Å². The lowest BCUT2D eigenvalue weighted by Crippen LogP contribution is -2.03. The zero-order valence-electron chi connectivity index (χ0n) is 11.6. The summed E-state index contributed by atoms with van der Waals surface area (Å²) in [5.41, 5.74) is 4.86. The molecule has 0 bridgehead atoms. The zero-order valence-corrected chi connectivity index (χ0v) is 11.6. The minimum atomic E-state index is 0.840. The maximum Gasteiger partial charge on any atom is 0.0689 e. The van der Waals surface area contributed by atoms with Crippen molar-refractivity contribution in [2.24, 2.45) is 0 Å². The number of para-hydroxylation sites is 1. The second-order valence-electron chi connectivity index (χ2n) is 5.00. The summed E-state index contributed by atoms with van der Waals surface area (Å²) < 4.78 is 0. The molecular weight excluding hydrogens is 244 g/mol. The Balaban J connectivity index is 1.73. The first kappa shape index (κ1) is 12.5. The zero-order chi connectivity index (χ0) is 13.8. The molecule has 0 spiro atoms. The van der Waals surface area contributed by atoms with E-state index in [0.29, 0.717) is 0 Å². The smallest absolute Gasteiger partial charge is 0.0689 e. The molecule has 0 fully saturated rings. The van der Waals surface area contributed by atoms with Gasteiger partial charge in [-0.15, -0.1) is 0 Å². The number of aromatic amines is 1. The second-order valence-corrected chi connectivity index (χ2v) is 5.00. The summed E-state index contributed by atoms with van der Waals surface area (Å²) in [4.78, 5) is 3.28. The summed E-state index contributed by atoms with van der Waals surface area (Å²) >= 11 is 0. The van der Waals surface area contributed by atoms with E-state index in [-0.39, 0.29) is 0 Å². The maximum atomic E-state index is 3.49. The molecule has 2 N–H and O–H groups in total. The molecule has 2 aromatic carbocycles. The summed E-state index contributed by atoms with van der Waals surface area (Å²) in [6.45, 7) is 2.99. The molecule has 100 valence electrons. The molecule has 1 heterocycles. The highest BCUT2D eigenvalue weighted by Crippen LogP contribution is 2.21. The average Bonchev–Trinajstić information content (AvgIpc) is 2.95. The fourth-order valence-electron chi connectivity index (χ4n) is 2.35. The van der Waals surface area contributed by atoms with Crippen molar-refractivity contribution in [2.45, 2.75) is 6.92 Å². The van der Waals surface area contributed by atoms with Crippen LogP contribution >= 0.6 is 0 Å². The Labute approximate surface area is 119 Å². The molecule has 0 aliphatic heterocycles. The molecule has 0 amide bonds. The monoisotopic (exact) mass is 262 g/mol. The van der Waals surface area contributed by atoms with Gasteiger partial charge in [0.2, 0.25) is 0 Å². The Morgan fingerprint density at radius 1 is 1.05 bits per heavy atom. The average molecular weight is 262 g/mol. The maximum absolute atomic E-state index is 3.49. The lowest BCUT2D eigenvalue weighted by Gasteiger charge is -2.08. The minimum absolute atomic E-state index is 0.840. The van der Waals surface area contributed by atoms with E-state index in [0.717, 1.165) is 12.2 Å². The van der Waals surface area contributed by atoms with Gasteiger partial charge in [0.05, 0.1) is 11.2 Å². The van der Waals surface area contributed by atoms with Crippen molar-refractivity contribution in [1.29, 1.82) is 0 Å². The van der Waals surface area contributed by atoms with Gasteiger partial charge in [0.25, 0.3) is 0 Å². The number of rotatable bonds is 4. The van der Waals surface area contributed by atoms with Crippen LogP contribution < -0.4 is 5.32 Å². The van der Waals surface area contributed by atoms with Crippen LogP contribution in [0.1, 0.15) is 12.5 Å². The molecule has 2 nitrogen and oxygen atoms in total. The molecule has 0 radical (unpaired) electrons. The first-order chi connectivity index (χ1) is 9.83. The van der Waals surface area contributed by atoms with Crippen molar-refractivity contribution in [2.75, 3.05) is 11.9 Å². The Morgan fingerprint density at radius 2 is 1.90 bits per heavy atom. The highest BCUT2D eigenvalue weighted by Gasteiger charge is 2.00. The van der Waals surface area contributed by atoms with Gasteiger partial charge >= 0.3 is 0 Å². The van der Waals surface area contributed by atoms with Gasteiger partial charge in [-0.1, -0.05) is 54.1 Å². The van der Waals surface area contributed by atoms with E-state index in [1.54, 1.807) is 0 Å². The molecule has 3 aromatic rings. The van der Waals surface area contributed by atoms with Crippen LogP contribution in [0.2, 0.25) is 0 Å². The van der Waals surface area contributed by atoms with Crippen LogP contribution in [0.25, 0.3) is 17.0 Å². The first-order valence-corrected chi connectivity index (χ1v) is 6.85. The van der Waals surface area contributed by atoms with E-state index < -0.39 is 0 Å². The lowest BCUT2D eigenvalue weighted by atomic mass is 10.1. The van der Waals surface area contributed by atoms with Crippen molar-refractivity contribution in [3.63, 3.8) is 0 Å². The van der Waals surface area contributed by atoms with Gasteiger partial charge in [0, 0.05) is 18.1 Å². The normalized spacial score (nSPS) is 11.8. The SMILES string of the molecule is C/C(=C\c1ccccc1)CNc1cccc2cc[nH]c12. The van der Waals surface area contributed by atoms with Gasteiger partial charge in [0.1, 0.15) is 0 Å². The highest BCUT2D eigenvalue weighted by atomic mass is 14.9. The predicted octanol–water partition coefficient (Wildman–Crippen LogP) is 4.68. The number of hydrogen-bond donors (Lipinski definition) is 2. The Kier molecular flexibility index (Phi) is 3.55. The van der Waals surface area contributed by atoms with E-state index in [1.165, 1.54) is 22.0 Å². The summed E-state index contributed by atoms with van der Waals surface area (Å²) in [7, 11) is 0. The number of anilines is 1. The van der Waals surface area contributed by atoms with Crippen molar-refractivity contribution >= 4 is 22.7 Å². The Morgan fingerprint density at radius 3 is 2.75 bits per heavy atom. The summed E-state index contributed by atoms with van der Waals surface area (Å²) in [6.07, 6.45) is 4.18. The molecule has 0 unspecified atom stereocenters. The van der Waals surface area contributed by atoms with Crippen molar-refractivity contribution < 1.29 is 0 Å². The van der Waals surface area contributed by atoms with Gasteiger partial charge in [-0.25, -0.2) is 0 Å². The molecule has 0 saturated carbocycles. The van der Waals surface area contributed by atoms with Crippen LogP contribution in [-0.4, -0.2) is 11.5 Å². The van der Waals surface area contributed by atoms with Crippen LogP contribution in [-0.2, 0) is 0 Å². The fourth-order valence-corrected chi connectivity index (χ4v) is 2.35. The van der Waals surface area contributed by atoms with Gasteiger partial charge < -0.3 is 10.3 Å². The van der Waals surface area contributed by atoms with Crippen LogP contribution in [0.4, 0.5) is 5.69 Å². The third kappa shape index (κ3) is 2.75. The van der Waals surface area contributed by atoms with E-state index in [1.807, 2.05) is 12.3 Å². The number of H-pyrrole nitrogens is 1. The van der Waals surface area contributed by atoms with E-state index in [4.69, 9.17) is 0 Å². The second kappa shape index (κ2) is 5.66. The van der Waals surface area contributed by atoms with Crippen LogP contribution in [0, 0.1) is 0 Å². The van der Waals surface area contributed by atoms with Crippen molar-refractivity contribution in [3.05, 3.63) is 71.9 Å². The molecule has 0 atom stereocenters. The Hall–Kier alpha value is -2.48. The number of aromatic nitrogens is 1.